The van der Waals surface area contributed by atoms with E-state index in [1.54, 1.807) is 0 Å². The number of hydrogen-bond acceptors (Lipinski definition) is 1. The molecule has 0 spiro atoms. The van der Waals surface area contributed by atoms with Crippen molar-refractivity contribution in [2.45, 2.75) is 129 Å². The van der Waals surface area contributed by atoms with Crippen LogP contribution in [0.3, 0.4) is 0 Å². The van der Waals surface area contributed by atoms with E-state index < -0.39 is 0 Å². The quantitative estimate of drug-likeness (QED) is 0.162. The molecule has 0 aliphatic heterocycles. The Labute approximate surface area is 152 Å². The summed E-state index contributed by atoms with van der Waals surface area (Å²) in [4.78, 5) is 11.1. The molecule has 0 amide bonds. The summed E-state index contributed by atoms with van der Waals surface area (Å²) < 4.78 is 0. The molecule has 0 aromatic carbocycles. The van der Waals surface area contributed by atoms with Crippen molar-refractivity contribution in [3.05, 3.63) is 12.7 Å². The minimum Gasteiger partial charge on any atom is -0.295 e. The van der Waals surface area contributed by atoms with Crippen LogP contribution in [0.5, 0.6) is 0 Å². The maximum atomic E-state index is 11.1. The summed E-state index contributed by atoms with van der Waals surface area (Å²) in [6.45, 7) is 5.80. The SMILES string of the molecule is C=CC(=O)CCCCCCCCCCCCCCCCCCCC. The van der Waals surface area contributed by atoms with Crippen molar-refractivity contribution in [1.29, 1.82) is 0 Å². The van der Waals surface area contributed by atoms with Crippen molar-refractivity contribution in [1.82, 2.24) is 0 Å². The van der Waals surface area contributed by atoms with E-state index in [-0.39, 0.29) is 5.78 Å². The van der Waals surface area contributed by atoms with Gasteiger partial charge in [-0.1, -0.05) is 123 Å². The maximum Gasteiger partial charge on any atom is 0.155 e. The minimum atomic E-state index is 0.200. The Morgan fingerprint density at radius 2 is 0.875 bits per heavy atom. The standard InChI is InChI=1S/C23H44O/c1-3-5-6-7-8-9-10-11-12-13-14-15-16-17-18-19-20-21-22-23(24)4-2/h4H,2-3,5-22H2,1H3. The highest BCUT2D eigenvalue weighted by Gasteiger charge is 1.97. The summed E-state index contributed by atoms with van der Waals surface area (Å²) >= 11 is 0. The molecular formula is C23H44O. The second-order valence-corrected chi connectivity index (χ2v) is 7.43. The number of rotatable bonds is 20. The van der Waals surface area contributed by atoms with Gasteiger partial charge in [-0.15, -0.1) is 0 Å². The van der Waals surface area contributed by atoms with E-state index in [0.29, 0.717) is 6.42 Å². The van der Waals surface area contributed by atoms with Gasteiger partial charge in [0.15, 0.2) is 5.78 Å². The topological polar surface area (TPSA) is 17.1 Å². The largest absolute Gasteiger partial charge is 0.295 e. The third-order valence-electron chi connectivity index (χ3n) is 5.00. The van der Waals surface area contributed by atoms with Crippen molar-refractivity contribution in [2.75, 3.05) is 0 Å². The summed E-state index contributed by atoms with van der Waals surface area (Å²) in [5.41, 5.74) is 0. The van der Waals surface area contributed by atoms with Crippen LogP contribution in [0.4, 0.5) is 0 Å². The molecule has 24 heavy (non-hydrogen) atoms. The monoisotopic (exact) mass is 336 g/mol. The van der Waals surface area contributed by atoms with Crippen molar-refractivity contribution < 1.29 is 4.79 Å². The third kappa shape index (κ3) is 19.5. The molecule has 0 aromatic heterocycles. The van der Waals surface area contributed by atoms with Crippen LogP contribution >= 0.6 is 0 Å². The fourth-order valence-corrected chi connectivity index (χ4v) is 3.30. The van der Waals surface area contributed by atoms with Gasteiger partial charge in [-0.2, -0.15) is 0 Å². The van der Waals surface area contributed by atoms with Crippen LogP contribution in [-0.4, -0.2) is 5.78 Å². The zero-order chi connectivity index (χ0) is 17.7. The highest BCUT2D eigenvalue weighted by molar-refractivity contribution is 5.88. The molecule has 0 N–H and O–H groups in total. The second-order valence-electron chi connectivity index (χ2n) is 7.43. The number of ketones is 1. The van der Waals surface area contributed by atoms with Gasteiger partial charge >= 0.3 is 0 Å². The van der Waals surface area contributed by atoms with E-state index in [9.17, 15) is 4.79 Å². The first-order valence-corrected chi connectivity index (χ1v) is 11.0. The Kier molecular flexibility index (Phi) is 20.0. The fraction of sp³-hybridized carbons (Fsp3) is 0.870. The second kappa shape index (κ2) is 20.5. The first-order valence-electron chi connectivity index (χ1n) is 11.0. The average Bonchev–Trinajstić information content (AvgIpc) is 2.60. The van der Waals surface area contributed by atoms with Crippen molar-refractivity contribution >= 4 is 5.78 Å². The number of allylic oxidation sites excluding steroid dienone is 1. The van der Waals surface area contributed by atoms with Crippen LogP contribution in [0.1, 0.15) is 129 Å². The smallest absolute Gasteiger partial charge is 0.155 e. The van der Waals surface area contributed by atoms with Gasteiger partial charge < -0.3 is 0 Å². The Morgan fingerprint density at radius 1 is 0.583 bits per heavy atom. The lowest BCUT2D eigenvalue weighted by Gasteiger charge is -2.03. The van der Waals surface area contributed by atoms with Gasteiger partial charge in [0.2, 0.25) is 0 Å². The van der Waals surface area contributed by atoms with Crippen LogP contribution in [0, 0.1) is 0 Å². The Bertz CT molecular complexity index is 269. The van der Waals surface area contributed by atoms with E-state index in [1.165, 1.54) is 115 Å². The van der Waals surface area contributed by atoms with E-state index in [0.717, 1.165) is 6.42 Å². The van der Waals surface area contributed by atoms with Crippen LogP contribution in [0.2, 0.25) is 0 Å². The summed E-state index contributed by atoms with van der Waals surface area (Å²) in [5.74, 6) is 0.200. The van der Waals surface area contributed by atoms with Gasteiger partial charge in [0.25, 0.3) is 0 Å². The molecule has 0 saturated carbocycles. The molecule has 0 unspecified atom stereocenters. The molecule has 0 heterocycles. The van der Waals surface area contributed by atoms with Crippen LogP contribution < -0.4 is 0 Å². The van der Waals surface area contributed by atoms with Gasteiger partial charge in [0.05, 0.1) is 0 Å². The maximum absolute atomic E-state index is 11.1. The number of unbranched alkanes of at least 4 members (excludes halogenated alkanes) is 17. The molecule has 0 atom stereocenters. The molecule has 0 bridgehead atoms. The lowest BCUT2D eigenvalue weighted by Crippen LogP contribution is -1.91. The first-order chi connectivity index (χ1) is 11.8. The molecule has 0 saturated heterocycles. The highest BCUT2D eigenvalue weighted by Crippen LogP contribution is 2.14. The van der Waals surface area contributed by atoms with Crippen molar-refractivity contribution in [2.24, 2.45) is 0 Å². The van der Waals surface area contributed by atoms with E-state index in [1.807, 2.05) is 0 Å². The van der Waals surface area contributed by atoms with Crippen molar-refractivity contribution in [3.8, 4) is 0 Å². The summed E-state index contributed by atoms with van der Waals surface area (Å²) in [7, 11) is 0. The molecule has 0 aliphatic carbocycles. The molecule has 0 fully saturated rings. The lowest BCUT2D eigenvalue weighted by atomic mass is 10.0. The van der Waals surface area contributed by atoms with E-state index in [4.69, 9.17) is 0 Å². The van der Waals surface area contributed by atoms with E-state index >= 15 is 0 Å². The number of carbonyl (C=O) groups is 1. The fourth-order valence-electron chi connectivity index (χ4n) is 3.30. The zero-order valence-electron chi connectivity index (χ0n) is 16.6. The Balaban J connectivity index is 3.00. The average molecular weight is 337 g/mol. The highest BCUT2D eigenvalue weighted by atomic mass is 16.1. The minimum absolute atomic E-state index is 0.200. The Morgan fingerprint density at radius 3 is 1.17 bits per heavy atom. The predicted octanol–water partition coefficient (Wildman–Crippen LogP) is 8.17. The van der Waals surface area contributed by atoms with Crippen LogP contribution in [0.25, 0.3) is 0 Å². The Hall–Kier alpha value is -0.590. The molecule has 142 valence electrons. The molecule has 1 heteroatoms. The summed E-state index contributed by atoms with van der Waals surface area (Å²) in [6.07, 6.45) is 27.1. The zero-order valence-corrected chi connectivity index (χ0v) is 16.6. The van der Waals surface area contributed by atoms with E-state index in [2.05, 4.69) is 13.5 Å². The van der Waals surface area contributed by atoms with Gasteiger partial charge in [-0.25, -0.2) is 0 Å². The van der Waals surface area contributed by atoms with Crippen LogP contribution in [-0.2, 0) is 4.79 Å². The van der Waals surface area contributed by atoms with Gasteiger partial charge in [0, 0.05) is 6.42 Å². The third-order valence-corrected chi connectivity index (χ3v) is 5.00. The van der Waals surface area contributed by atoms with Crippen molar-refractivity contribution in [3.63, 3.8) is 0 Å². The van der Waals surface area contributed by atoms with Gasteiger partial charge in [-0.3, -0.25) is 4.79 Å². The number of carbonyl (C=O) groups excluding carboxylic acids is 1. The molecule has 0 aliphatic rings. The van der Waals surface area contributed by atoms with Gasteiger partial charge in [-0.05, 0) is 12.5 Å². The van der Waals surface area contributed by atoms with Crippen LogP contribution in [0.15, 0.2) is 12.7 Å². The predicted molar refractivity (Wildman–Crippen MR) is 109 cm³/mol. The number of hydrogen-bond donors (Lipinski definition) is 0. The summed E-state index contributed by atoms with van der Waals surface area (Å²) in [5, 5.41) is 0. The van der Waals surface area contributed by atoms with Gasteiger partial charge in [0.1, 0.15) is 0 Å². The first kappa shape index (κ1) is 23.4. The molecule has 0 radical (unpaired) electrons. The normalized spacial score (nSPS) is 10.9. The molecule has 0 rings (SSSR count). The summed E-state index contributed by atoms with van der Waals surface area (Å²) in [6, 6.07) is 0. The molecular weight excluding hydrogens is 292 g/mol. The molecule has 1 nitrogen and oxygen atoms in total. The molecule has 0 aromatic rings. The lowest BCUT2D eigenvalue weighted by molar-refractivity contribution is -0.114.